The van der Waals surface area contributed by atoms with Crippen molar-refractivity contribution in [2.45, 2.75) is 104 Å². The van der Waals surface area contributed by atoms with Gasteiger partial charge in [-0.1, -0.05) is 71.1 Å². The minimum Gasteiger partial charge on any atom is -0.444 e. The Morgan fingerprint density at radius 3 is 1.57 bits per heavy atom. The van der Waals surface area contributed by atoms with E-state index < -0.39 is 11.7 Å². The van der Waals surface area contributed by atoms with E-state index in [0.717, 1.165) is 13.0 Å². The number of alkyl carbamates (subject to hydrolysis) is 1. The Hall–Kier alpha value is -0.850. The van der Waals surface area contributed by atoms with Crippen LogP contribution < -0.4 is 5.32 Å². The van der Waals surface area contributed by atoms with Crippen molar-refractivity contribution in [2.75, 3.05) is 46.2 Å². The zero-order chi connectivity index (χ0) is 22.3. The summed E-state index contributed by atoms with van der Waals surface area (Å²) in [6, 6.07) is 0. The van der Waals surface area contributed by atoms with Crippen molar-refractivity contribution in [3.05, 3.63) is 0 Å². The van der Waals surface area contributed by atoms with Crippen LogP contribution in [0.5, 0.6) is 0 Å². The van der Waals surface area contributed by atoms with Gasteiger partial charge in [0.05, 0.1) is 33.0 Å². The molecule has 0 saturated carbocycles. The minimum absolute atomic E-state index is 0.419. The summed E-state index contributed by atoms with van der Waals surface area (Å²) in [7, 11) is 0. The van der Waals surface area contributed by atoms with E-state index in [1.807, 2.05) is 20.8 Å². The van der Waals surface area contributed by atoms with Crippen LogP contribution in [0.3, 0.4) is 0 Å². The largest absolute Gasteiger partial charge is 0.444 e. The molecule has 30 heavy (non-hydrogen) atoms. The monoisotopic (exact) mass is 431 g/mol. The predicted octanol–water partition coefficient (Wildman–Crippen LogP) is 5.87. The maximum atomic E-state index is 11.4. The number of ether oxygens (including phenoxy) is 4. The van der Waals surface area contributed by atoms with E-state index in [4.69, 9.17) is 18.9 Å². The third kappa shape index (κ3) is 25.2. The van der Waals surface area contributed by atoms with Gasteiger partial charge in [-0.15, -0.1) is 0 Å². The second kappa shape index (κ2) is 21.4. The van der Waals surface area contributed by atoms with Crippen LogP contribution >= 0.6 is 0 Å². The topological polar surface area (TPSA) is 66.0 Å². The first-order valence-electron chi connectivity index (χ1n) is 12.2. The van der Waals surface area contributed by atoms with Gasteiger partial charge in [-0.05, 0) is 27.2 Å². The fraction of sp³-hybridized carbons (Fsp3) is 0.958. The molecule has 0 heterocycles. The quantitative estimate of drug-likeness (QED) is 0.230. The lowest BCUT2D eigenvalue weighted by Gasteiger charge is -2.19. The fourth-order valence-corrected chi connectivity index (χ4v) is 2.95. The molecule has 1 amide bonds. The number of unbranched alkanes of at least 4 members (excludes halogenated alkanes) is 10. The minimum atomic E-state index is -0.478. The summed E-state index contributed by atoms with van der Waals surface area (Å²) < 4.78 is 21.6. The number of nitrogens with one attached hydrogen (secondary N) is 1. The SMILES string of the molecule is CCCCCCCCCCCCCOCCOCCOCCNC(=O)OC(C)(C)C. The van der Waals surface area contributed by atoms with Crippen molar-refractivity contribution in [3.63, 3.8) is 0 Å². The van der Waals surface area contributed by atoms with E-state index in [0.29, 0.717) is 39.6 Å². The second-order valence-corrected chi connectivity index (χ2v) is 8.80. The maximum absolute atomic E-state index is 11.4. The average Bonchev–Trinajstić information content (AvgIpc) is 2.68. The maximum Gasteiger partial charge on any atom is 0.407 e. The summed E-state index contributed by atoms with van der Waals surface area (Å²) in [5.41, 5.74) is -0.478. The van der Waals surface area contributed by atoms with E-state index in [2.05, 4.69) is 12.2 Å². The lowest BCUT2D eigenvalue weighted by molar-refractivity contribution is 0.0133. The van der Waals surface area contributed by atoms with E-state index in [9.17, 15) is 4.79 Å². The van der Waals surface area contributed by atoms with Crippen LogP contribution in [0.1, 0.15) is 98.3 Å². The van der Waals surface area contributed by atoms with Crippen molar-refractivity contribution in [1.82, 2.24) is 5.32 Å². The summed E-state index contributed by atoms with van der Waals surface area (Å²) >= 11 is 0. The second-order valence-electron chi connectivity index (χ2n) is 8.80. The number of hydrogen-bond acceptors (Lipinski definition) is 5. The van der Waals surface area contributed by atoms with Gasteiger partial charge < -0.3 is 24.3 Å². The molecular weight excluding hydrogens is 382 g/mol. The average molecular weight is 432 g/mol. The third-order valence-corrected chi connectivity index (χ3v) is 4.55. The van der Waals surface area contributed by atoms with Crippen molar-refractivity contribution < 1.29 is 23.7 Å². The molecule has 0 radical (unpaired) electrons. The number of carbonyl (C=O) groups is 1. The molecule has 0 bridgehead atoms. The Balaban J connectivity index is 3.11. The molecule has 0 saturated heterocycles. The molecule has 0 rings (SSSR count). The van der Waals surface area contributed by atoms with Gasteiger partial charge in [0.15, 0.2) is 0 Å². The highest BCUT2D eigenvalue weighted by atomic mass is 16.6. The van der Waals surface area contributed by atoms with E-state index in [-0.39, 0.29) is 0 Å². The lowest BCUT2D eigenvalue weighted by Crippen LogP contribution is -2.34. The highest BCUT2D eigenvalue weighted by Crippen LogP contribution is 2.11. The van der Waals surface area contributed by atoms with Crippen LogP contribution in [0.2, 0.25) is 0 Å². The molecule has 0 fully saturated rings. The van der Waals surface area contributed by atoms with Crippen molar-refractivity contribution >= 4 is 6.09 Å². The highest BCUT2D eigenvalue weighted by molar-refractivity contribution is 5.67. The summed E-state index contributed by atoms with van der Waals surface area (Å²) in [6.45, 7) is 11.7. The van der Waals surface area contributed by atoms with Gasteiger partial charge in [0, 0.05) is 13.2 Å². The van der Waals surface area contributed by atoms with Gasteiger partial charge in [-0.3, -0.25) is 0 Å². The fourth-order valence-electron chi connectivity index (χ4n) is 2.95. The Labute approximate surface area is 185 Å². The van der Waals surface area contributed by atoms with Gasteiger partial charge in [0.25, 0.3) is 0 Å². The predicted molar refractivity (Wildman–Crippen MR) is 123 cm³/mol. The summed E-state index contributed by atoms with van der Waals surface area (Å²) in [5.74, 6) is 0. The Morgan fingerprint density at radius 2 is 1.07 bits per heavy atom. The molecule has 0 aromatic heterocycles. The highest BCUT2D eigenvalue weighted by Gasteiger charge is 2.15. The summed E-state index contributed by atoms with van der Waals surface area (Å²) in [6.07, 6.45) is 14.5. The van der Waals surface area contributed by atoms with E-state index in [1.165, 1.54) is 64.2 Å². The Kier molecular flexibility index (Phi) is 20.8. The molecule has 0 aliphatic rings. The lowest BCUT2D eigenvalue weighted by atomic mass is 10.1. The van der Waals surface area contributed by atoms with Gasteiger partial charge >= 0.3 is 6.09 Å². The number of carbonyl (C=O) groups excluding carboxylic acids is 1. The molecule has 6 heteroatoms. The molecule has 0 spiro atoms. The van der Waals surface area contributed by atoms with Gasteiger partial charge in [-0.25, -0.2) is 4.79 Å². The van der Waals surface area contributed by atoms with Crippen LogP contribution in [0.4, 0.5) is 4.79 Å². The first-order chi connectivity index (χ1) is 14.5. The number of hydrogen-bond donors (Lipinski definition) is 1. The molecular formula is C24H49NO5. The molecule has 1 N–H and O–H groups in total. The molecule has 0 aromatic rings. The third-order valence-electron chi connectivity index (χ3n) is 4.55. The molecule has 0 unspecified atom stereocenters. The van der Waals surface area contributed by atoms with Crippen LogP contribution in [-0.2, 0) is 18.9 Å². The van der Waals surface area contributed by atoms with Crippen LogP contribution in [-0.4, -0.2) is 57.9 Å². The zero-order valence-corrected chi connectivity index (χ0v) is 20.3. The van der Waals surface area contributed by atoms with Crippen LogP contribution in [0.15, 0.2) is 0 Å². The van der Waals surface area contributed by atoms with Crippen molar-refractivity contribution in [2.24, 2.45) is 0 Å². The first kappa shape index (κ1) is 29.1. The molecule has 6 nitrogen and oxygen atoms in total. The van der Waals surface area contributed by atoms with Gasteiger partial charge in [0.1, 0.15) is 5.60 Å². The normalized spacial score (nSPS) is 11.6. The Bertz CT molecular complexity index is 371. The summed E-state index contributed by atoms with van der Waals surface area (Å²) in [5, 5.41) is 2.65. The first-order valence-corrected chi connectivity index (χ1v) is 12.2. The zero-order valence-electron chi connectivity index (χ0n) is 20.3. The molecule has 0 aromatic carbocycles. The van der Waals surface area contributed by atoms with Crippen LogP contribution in [0, 0.1) is 0 Å². The van der Waals surface area contributed by atoms with Gasteiger partial charge in [-0.2, -0.15) is 0 Å². The summed E-state index contributed by atoms with van der Waals surface area (Å²) in [4.78, 5) is 11.4. The molecule has 0 aliphatic carbocycles. The molecule has 0 atom stereocenters. The van der Waals surface area contributed by atoms with Crippen molar-refractivity contribution in [3.8, 4) is 0 Å². The smallest absolute Gasteiger partial charge is 0.407 e. The standard InChI is InChI=1S/C24H49NO5/c1-5-6-7-8-9-10-11-12-13-14-15-17-27-19-21-29-22-20-28-18-16-25-23(26)30-24(2,3)4/h5-22H2,1-4H3,(H,25,26). The van der Waals surface area contributed by atoms with Crippen molar-refractivity contribution in [1.29, 1.82) is 0 Å². The number of rotatable bonds is 21. The molecule has 0 aliphatic heterocycles. The number of amides is 1. The van der Waals surface area contributed by atoms with Gasteiger partial charge in [0.2, 0.25) is 0 Å². The van der Waals surface area contributed by atoms with Crippen LogP contribution in [0.25, 0.3) is 0 Å². The molecule has 180 valence electrons. The van der Waals surface area contributed by atoms with E-state index in [1.54, 1.807) is 0 Å². The van der Waals surface area contributed by atoms with E-state index >= 15 is 0 Å². The Morgan fingerprint density at radius 1 is 0.633 bits per heavy atom.